The van der Waals surface area contributed by atoms with Crippen molar-refractivity contribution in [3.05, 3.63) is 28.3 Å². The topological polar surface area (TPSA) is 26.3 Å². The molecule has 0 fully saturated rings. The highest BCUT2D eigenvalue weighted by atomic mass is 35.5. The first kappa shape index (κ1) is 13.8. The third kappa shape index (κ3) is 3.33. The van der Waals surface area contributed by atoms with Crippen molar-refractivity contribution in [2.24, 2.45) is 0 Å². The minimum Gasteiger partial charge on any atom is -0.434 e. The van der Waals surface area contributed by atoms with Crippen LogP contribution in [0.15, 0.2) is 12.1 Å². The van der Waals surface area contributed by atoms with Crippen LogP contribution < -0.4 is 4.74 Å². The minimum atomic E-state index is -3.22. The standard InChI is InChI=1S/C10H7ClF4O2/c1-4(16)8-6(11)2-5(9(12)13)3-7(8)17-10(14)15/h2-3,9-10H,1H3. The second-order valence-corrected chi connectivity index (χ2v) is 3.52. The molecule has 0 saturated heterocycles. The van der Waals surface area contributed by atoms with Crippen LogP contribution in [0.2, 0.25) is 5.02 Å². The lowest BCUT2D eigenvalue weighted by Crippen LogP contribution is -2.08. The summed E-state index contributed by atoms with van der Waals surface area (Å²) in [6.07, 6.45) is -2.89. The highest BCUT2D eigenvalue weighted by Crippen LogP contribution is 2.33. The number of ketones is 1. The zero-order valence-corrected chi connectivity index (χ0v) is 9.27. The average Bonchev–Trinajstić information content (AvgIpc) is 2.14. The van der Waals surface area contributed by atoms with Gasteiger partial charge in [-0.05, 0) is 19.1 Å². The second-order valence-electron chi connectivity index (χ2n) is 3.11. The number of alkyl halides is 4. The van der Waals surface area contributed by atoms with Crippen LogP contribution in [0.4, 0.5) is 17.6 Å². The van der Waals surface area contributed by atoms with E-state index in [2.05, 4.69) is 4.74 Å². The number of Topliss-reactive ketones (excluding diaryl/α,β-unsaturated/α-hetero) is 1. The molecule has 0 radical (unpaired) electrons. The van der Waals surface area contributed by atoms with E-state index in [1.807, 2.05) is 0 Å². The van der Waals surface area contributed by atoms with Gasteiger partial charge in [-0.15, -0.1) is 0 Å². The van der Waals surface area contributed by atoms with Gasteiger partial charge in [0.05, 0.1) is 10.6 Å². The predicted octanol–water partition coefficient (Wildman–Crippen LogP) is 4.08. The van der Waals surface area contributed by atoms with Crippen LogP contribution in [0.25, 0.3) is 0 Å². The van der Waals surface area contributed by atoms with Crippen LogP contribution in [-0.4, -0.2) is 12.4 Å². The van der Waals surface area contributed by atoms with Gasteiger partial charge in [0.25, 0.3) is 6.43 Å². The lowest BCUT2D eigenvalue weighted by atomic mass is 10.1. The fraction of sp³-hybridized carbons (Fsp3) is 0.300. The van der Waals surface area contributed by atoms with E-state index >= 15 is 0 Å². The molecule has 2 nitrogen and oxygen atoms in total. The molecular weight excluding hydrogens is 264 g/mol. The molecule has 0 N–H and O–H groups in total. The average molecular weight is 271 g/mol. The van der Waals surface area contributed by atoms with E-state index in [-0.39, 0.29) is 10.6 Å². The normalized spacial score (nSPS) is 11.1. The summed E-state index contributed by atoms with van der Waals surface area (Å²) in [5.74, 6) is -1.29. The van der Waals surface area contributed by atoms with Gasteiger partial charge >= 0.3 is 6.61 Å². The molecule has 0 unspecified atom stereocenters. The molecule has 0 amide bonds. The molecule has 94 valence electrons. The maximum atomic E-state index is 12.4. The summed E-state index contributed by atoms with van der Waals surface area (Å²) in [6, 6.07) is 1.53. The Balaban J connectivity index is 3.34. The number of rotatable bonds is 4. The molecule has 7 heteroatoms. The quantitative estimate of drug-likeness (QED) is 0.609. The van der Waals surface area contributed by atoms with Crippen LogP contribution in [0.3, 0.4) is 0 Å². The van der Waals surface area contributed by atoms with Gasteiger partial charge in [0.1, 0.15) is 5.75 Å². The fourth-order valence-electron chi connectivity index (χ4n) is 1.26. The van der Waals surface area contributed by atoms with Crippen molar-refractivity contribution in [1.29, 1.82) is 0 Å². The Hall–Kier alpha value is -1.30. The Labute approximate surface area is 99.1 Å². The zero-order valence-electron chi connectivity index (χ0n) is 8.52. The van der Waals surface area contributed by atoms with E-state index in [4.69, 9.17) is 11.6 Å². The summed E-state index contributed by atoms with van der Waals surface area (Å²) in [7, 11) is 0. The molecule has 17 heavy (non-hydrogen) atoms. The van der Waals surface area contributed by atoms with Crippen molar-refractivity contribution in [3.8, 4) is 5.75 Å². The summed E-state index contributed by atoms with van der Waals surface area (Å²) < 4.78 is 53.0. The predicted molar refractivity (Wildman–Crippen MR) is 53.0 cm³/mol. The highest BCUT2D eigenvalue weighted by Gasteiger charge is 2.20. The van der Waals surface area contributed by atoms with E-state index in [9.17, 15) is 22.4 Å². The molecule has 1 aromatic carbocycles. The van der Waals surface area contributed by atoms with Crippen molar-refractivity contribution in [2.45, 2.75) is 20.0 Å². The molecule has 0 aromatic heterocycles. The molecule has 0 bridgehead atoms. The van der Waals surface area contributed by atoms with Gasteiger partial charge in [0.2, 0.25) is 0 Å². The number of ether oxygens (including phenoxy) is 1. The summed E-state index contributed by atoms with van der Waals surface area (Å²) in [5, 5.41) is -0.342. The van der Waals surface area contributed by atoms with Gasteiger partial charge in [-0.25, -0.2) is 8.78 Å². The van der Waals surface area contributed by atoms with Crippen LogP contribution in [0.1, 0.15) is 29.3 Å². The van der Waals surface area contributed by atoms with Crippen molar-refractivity contribution >= 4 is 17.4 Å². The molecule has 0 aliphatic heterocycles. The van der Waals surface area contributed by atoms with Crippen LogP contribution in [-0.2, 0) is 0 Å². The zero-order chi connectivity index (χ0) is 13.2. The number of carbonyl (C=O) groups is 1. The van der Waals surface area contributed by atoms with Crippen molar-refractivity contribution < 1.29 is 27.1 Å². The van der Waals surface area contributed by atoms with Gasteiger partial charge in [0, 0.05) is 5.56 Å². The number of hydrogen-bond acceptors (Lipinski definition) is 2. The molecule has 0 aliphatic rings. The summed E-state index contributed by atoms with van der Waals surface area (Å²) in [5.41, 5.74) is -0.924. The van der Waals surface area contributed by atoms with E-state index in [0.717, 1.165) is 13.0 Å². The first-order valence-corrected chi connectivity index (χ1v) is 4.78. The van der Waals surface area contributed by atoms with Crippen LogP contribution in [0, 0.1) is 0 Å². The van der Waals surface area contributed by atoms with Crippen LogP contribution >= 0.6 is 11.6 Å². The van der Waals surface area contributed by atoms with Gasteiger partial charge in [-0.3, -0.25) is 4.79 Å². The van der Waals surface area contributed by atoms with Crippen molar-refractivity contribution in [1.82, 2.24) is 0 Å². The molecule has 0 aliphatic carbocycles. The first-order chi connectivity index (χ1) is 7.82. The van der Waals surface area contributed by atoms with Crippen molar-refractivity contribution in [3.63, 3.8) is 0 Å². The van der Waals surface area contributed by atoms with E-state index in [1.54, 1.807) is 0 Å². The third-order valence-electron chi connectivity index (χ3n) is 1.90. The molecule has 0 saturated carbocycles. The molecule has 1 aromatic rings. The molecule has 1 rings (SSSR count). The lowest BCUT2D eigenvalue weighted by molar-refractivity contribution is -0.0503. The Morgan fingerprint density at radius 2 is 1.88 bits per heavy atom. The van der Waals surface area contributed by atoms with Gasteiger partial charge < -0.3 is 4.74 Å². The number of carbonyl (C=O) groups excluding carboxylic acids is 1. The summed E-state index contributed by atoms with van der Waals surface area (Å²) >= 11 is 5.58. The summed E-state index contributed by atoms with van der Waals surface area (Å²) in [6.45, 7) is -2.15. The monoisotopic (exact) mass is 270 g/mol. The second kappa shape index (κ2) is 5.35. The lowest BCUT2D eigenvalue weighted by Gasteiger charge is -2.12. The van der Waals surface area contributed by atoms with E-state index in [1.165, 1.54) is 0 Å². The maximum absolute atomic E-state index is 12.4. The van der Waals surface area contributed by atoms with Crippen molar-refractivity contribution in [2.75, 3.05) is 0 Å². The summed E-state index contributed by atoms with van der Waals surface area (Å²) in [4.78, 5) is 11.2. The van der Waals surface area contributed by atoms with Gasteiger partial charge in [-0.1, -0.05) is 11.6 Å². The van der Waals surface area contributed by atoms with Gasteiger partial charge in [0.15, 0.2) is 5.78 Å². The Bertz CT molecular complexity index is 435. The molecule has 0 heterocycles. The van der Waals surface area contributed by atoms with E-state index < -0.39 is 30.1 Å². The molecule has 0 spiro atoms. The third-order valence-corrected chi connectivity index (χ3v) is 2.19. The van der Waals surface area contributed by atoms with E-state index in [0.29, 0.717) is 6.07 Å². The number of halogens is 5. The maximum Gasteiger partial charge on any atom is 0.387 e. The minimum absolute atomic E-state index is 0.337. The number of benzene rings is 1. The SMILES string of the molecule is CC(=O)c1c(Cl)cc(C(F)F)cc1OC(F)F. The smallest absolute Gasteiger partial charge is 0.387 e. The highest BCUT2D eigenvalue weighted by molar-refractivity contribution is 6.34. The molecule has 0 atom stereocenters. The molecular formula is C10H7ClF4O2. The Morgan fingerprint density at radius 1 is 1.29 bits per heavy atom. The number of hydrogen-bond donors (Lipinski definition) is 0. The Morgan fingerprint density at radius 3 is 2.29 bits per heavy atom. The first-order valence-electron chi connectivity index (χ1n) is 4.40. The van der Waals surface area contributed by atoms with Crippen LogP contribution in [0.5, 0.6) is 5.75 Å². The Kier molecular flexibility index (Phi) is 4.34. The van der Waals surface area contributed by atoms with Gasteiger partial charge in [-0.2, -0.15) is 8.78 Å². The largest absolute Gasteiger partial charge is 0.434 e. The fourth-order valence-corrected chi connectivity index (χ4v) is 1.61.